The first-order valence-electron chi connectivity index (χ1n) is 8.12. The quantitative estimate of drug-likeness (QED) is 0.947. The van der Waals surface area contributed by atoms with E-state index in [1.807, 2.05) is 29.2 Å². The summed E-state index contributed by atoms with van der Waals surface area (Å²) in [6.45, 7) is 5.73. The summed E-state index contributed by atoms with van der Waals surface area (Å²) in [6.07, 6.45) is 5.33. The van der Waals surface area contributed by atoms with Crippen molar-refractivity contribution in [2.75, 3.05) is 6.54 Å². The SMILES string of the molecule is C[C@H]1CCN(C(=O)NCc2cccc(-n3cncn3)c2)[C@@H](C)C1. The highest BCUT2D eigenvalue weighted by atomic mass is 16.2. The van der Waals surface area contributed by atoms with Crippen LogP contribution in [0.4, 0.5) is 4.79 Å². The lowest BCUT2D eigenvalue weighted by atomic mass is 9.94. The average Bonchev–Trinajstić information content (AvgIpc) is 3.07. The number of carbonyl (C=O) groups is 1. The lowest BCUT2D eigenvalue weighted by Gasteiger charge is -2.36. The number of piperidine rings is 1. The minimum atomic E-state index is 0.0237. The van der Waals surface area contributed by atoms with E-state index in [0.29, 0.717) is 18.5 Å². The fraction of sp³-hybridized carbons (Fsp3) is 0.471. The normalized spacial score (nSPS) is 21.2. The van der Waals surface area contributed by atoms with Crippen molar-refractivity contribution in [3.8, 4) is 5.69 Å². The third kappa shape index (κ3) is 3.70. The van der Waals surface area contributed by atoms with E-state index >= 15 is 0 Å². The van der Waals surface area contributed by atoms with Gasteiger partial charge in [-0.1, -0.05) is 19.1 Å². The Labute approximate surface area is 136 Å². The number of urea groups is 1. The Morgan fingerprint density at radius 3 is 3.00 bits per heavy atom. The summed E-state index contributed by atoms with van der Waals surface area (Å²) in [7, 11) is 0. The second-order valence-corrected chi connectivity index (χ2v) is 6.34. The maximum Gasteiger partial charge on any atom is 0.317 e. The summed E-state index contributed by atoms with van der Waals surface area (Å²) in [6, 6.07) is 8.27. The number of rotatable bonds is 3. The standard InChI is InChI=1S/C17H23N5O/c1-13-6-7-21(14(2)8-13)17(23)19-10-15-4-3-5-16(9-15)22-12-18-11-20-22/h3-5,9,11-14H,6-8,10H2,1-2H3,(H,19,23)/t13-,14-/m0/s1. The average molecular weight is 313 g/mol. The number of nitrogens with one attached hydrogen (secondary N) is 1. The van der Waals surface area contributed by atoms with Gasteiger partial charge in [0.1, 0.15) is 12.7 Å². The minimum absolute atomic E-state index is 0.0237. The highest BCUT2D eigenvalue weighted by Crippen LogP contribution is 2.22. The molecule has 2 amide bonds. The molecule has 0 aliphatic carbocycles. The van der Waals surface area contributed by atoms with Crippen molar-refractivity contribution in [2.24, 2.45) is 5.92 Å². The summed E-state index contributed by atoms with van der Waals surface area (Å²) in [4.78, 5) is 18.3. The summed E-state index contributed by atoms with van der Waals surface area (Å²) in [5.41, 5.74) is 1.98. The maximum atomic E-state index is 12.4. The van der Waals surface area contributed by atoms with E-state index in [1.165, 1.54) is 6.33 Å². The van der Waals surface area contributed by atoms with Gasteiger partial charge in [-0.2, -0.15) is 5.10 Å². The van der Waals surface area contributed by atoms with E-state index in [4.69, 9.17) is 0 Å². The van der Waals surface area contributed by atoms with Crippen molar-refractivity contribution in [3.63, 3.8) is 0 Å². The van der Waals surface area contributed by atoms with Crippen LogP contribution in [0.3, 0.4) is 0 Å². The molecule has 1 aromatic heterocycles. The van der Waals surface area contributed by atoms with Gasteiger partial charge in [-0.05, 0) is 43.4 Å². The Hall–Kier alpha value is -2.37. The maximum absolute atomic E-state index is 12.4. The Balaban J connectivity index is 1.60. The van der Waals surface area contributed by atoms with Crippen molar-refractivity contribution in [1.82, 2.24) is 25.0 Å². The zero-order valence-electron chi connectivity index (χ0n) is 13.6. The van der Waals surface area contributed by atoms with E-state index < -0.39 is 0 Å². The topological polar surface area (TPSA) is 63.1 Å². The summed E-state index contributed by atoms with van der Waals surface area (Å²) < 4.78 is 1.71. The molecule has 3 rings (SSSR count). The lowest BCUT2D eigenvalue weighted by Crippen LogP contribution is -2.48. The van der Waals surface area contributed by atoms with Crippen molar-refractivity contribution < 1.29 is 4.79 Å². The van der Waals surface area contributed by atoms with Gasteiger partial charge in [0.05, 0.1) is 5.69 Å². The molecule has 1 aliphatic rings. The Morgan fingerprint density at radius 2 is 2.26 bits per heavy atom. The monoisotopic (exact) mass is 313 g/mol. The molecule has 1 fully saturated rings. The summed E-state index contributed by atoms with van der Waals surface area (Å²) in [5.74, 6) is 0.702. The number of aromatic nitrogens is 3. The van der Waals surface area contributed by atoms with Crippen LogP contribution in [-0.2, 0) is 6.54 Å². The molecule has 0 spiro atoms. The molecule has 122 valence electrons. The molecule has 2 aromatic rings. The number of hydrogen-bond acceptors (Lipinski definition) is 3. The van der Waals surface area contributed by atoms with Crippen LogP contribution in [0.15, 0.2) is 36.9 Å². The van der Waals surface area contributed by atoms with Crippen LogP contribution >= 0.6 is 0 Å². The van der Waals surface area contributed by atoms with Gasteiger partial charge in [-0.3, -0.25) is 0 Å². The molecule has 1 aromatic carbocycles. The summed E-state index contributed by atoms with van der Waals surface area (Å²) in [5, 5.41) is 7.15. The molecule has 2 heterocycles. The van der Waals surface area contributed by atoms with Crippen molar-refractivity contribution in [2.45, 2.75) is 39.3 Å². The van der Waals surface area contributed by atoms with E-state index in [-0.39, 0.29) is 6.03 Å². The van der Waals surface area contributed by atoms with Crippen molar-refractivity contribution in [1.29, 1.82) is 0 Å². The number of likely N-dealkylation sites (tertiary alicyclic amines) is 1. The minimum Gasteiger partial charge on any atom is -0.334 e. The van der Waals surface area contributed by atoms with Gasteiger partial charge in [0.2, 0.25) is 0 Å². The predicted molar refractivity (Wildman–Crippen MR) is 88.2 cm³/mol. The molecule has 1 N–H and O–H groups in total. The third-order valence-electron chi connectivity index (χ3n) is 4.44. The smallest absolute Gasteiger partial charge is 0.317 e. The van der Waals surface area contributed by atoms with Crippen LogP contribution < -0.4 is 5.32 Å². The van der Waals surface area contributed by atoms with Gasteiger partial charge in [0, 0.05) is 19.1 Å². The molecule has 23 heavy (non-hydrogen) atoms. The fourth-order valence-corrected chi connectivity index (χ4v) is 3.14. The number of carbonyl (C=O) groups excluding carboxylic acids is 1. The van der Waals surface area contributed by atoms with E-state index in [2.05, 4.69) is 29.2 Å². The molecule has 2 atom stereocenters. The second-order valence-electron chi connectivity index (χ2n) is 6.34. The molecule has 1 aliphatic heterocycles. The van der Waals surface area contributed by atoms with Crippen LogP contribution in [-0.4, -0.2) is 38.3 Å². The highest BCUT2D eigenvalue weighted by molar-refractivity contribution is 5.74. The molecule has 1 saturated heterocycles. The lowest BCUT2D eigenvalue weighted by molar-refractivity contribution is 0.139. The number of hydrogen-bond donors (Lipinski definition) is 1. The van der Waals surface area contributed by atoms with E-state index in [0.717, 1.165) is 30.6 Å². The van der Waals surface area contributed by atoms with Crippen LogP contribution in [0.2, 0.25) is 0 Å². The number of benzene rings is 1. The Kier molecular flexibility index (Phi) is 4.60. The van der Waals surface area contributed by atoms with Gasteiger partial charge in [-0.15, -0.1) is 0 Å². The van der Waals surface area contributed by atoms with Gasteiger partial charge in [0.25, 0.3) is 0 Å². The second kappa shape index (κ2) is 6.81. The molecule has 6 heteroatoms. The Bertz CT molecular complexity index is 655. The molecule has 0 bridgehead atoms. The molecule has 0 radical (unpaired) electrons. The number of amides is 2. The summed E-state index contributed by atoms with van der Waals surface area (Å²) >= 11 is 0. The molecule has 6 nitrogen and oxygen atoms in total. The largest absolute Gasteiger partial charge is 0.334 e. The molecular weight excluding hydrogens is 290 g/mol. The first-order chi connectivity index (χ1) is 11.1. The van der Waals surface area contributed by atoms with Gasteiger partial charge in [0.15, 0.2) is 0 Å². The van der Waals surface area contributed by atoms with Crippen LogP contribution in [0.1, 0.15) is 32.3 Å². The van der Waals surface area contributed by atoms with E-state index in [9.17, 15) is 4.79 Å². The Morgan fingerprint density at radius 1 is 1.39 bits per heavy atom. The van der Waals surface area contributed by atoms with Crippen LogP contribution in [0.25, 0.3) is 5.69 Å². The first kappa shape index (κ1) is 15.5. The third-order valence-corrected chi connectivity index (χ3v) is 4.44. The highest BCUT2D eigenvalue weighted by Gasteiger charge is 2.26. The van der Waals surface area contributed by atoms with Gasteiger partial charge < -0.3 is 10.2 Å². The van der Waals surface area contributed by atoms with Crippen molar-refractivity contribution in [3.05, 3.63) is 42.5 Å². The fourth-order valence-electron chi connectivity index (χ4n) is 3.14. The first-order valence-corrected chi connectivity index (χ1v) is 8.12. The van der Waals surface area contributed by atoms with Gasteiger partial charge >= 0.3 is 6.03 Å². The number of nitrogens with zero attached hydrogens (tertiary/aromatic N) is 4. The zero-order valence-corrected chi connectivity index (χ0v) is 13.6. The molecule has 0 saturated carbocycles. The molecular formula is C17H23N5O. The van der Waals surface area contributed by atoms with Crippen LogP contribution in [0.5, 0.6) is 0 Å². The van der Waals surface area contributed by atoms with Crippen molar-refractivity contribution >= 4 is 6.03 Å². The predicted octanol–water partition coefficient (Wildman–Crippen LogP) is 2.60. The molecule has 0 unspecified atom stereocenters. The van der Waals surface area contributed by atoms with E-state index in [1.54, 1.807) is 11.0 Å². The van der Waals surface area contributed by atoms with Crippen LogP contribution in [0, 0.1) is 5.92 Å². The van der Waals surface area contributed by atoms with Gasteiger partial charge in [-0.25, -0.2) is 14.5 Å². The zero-order chi connectivity index (χ0) is 16.2.